The molecule has 0 unspecified atom stereocenters. The smallest absolute Gasteiger partial charge is 0.136 e. The Balaban J connectivity index is 1.57. The van der Waals surface area contributed by atoms with Crippen LogP contribution in [0.3, 0.4) is 0 Å². The standard InChI is InChI=1S/C28H19NO/c1-2-19(18-29)7-8-20-9-11-21(12-10-20)23-14-15-26-25(17-23)28-24-6-4-3-5-22(24)13-16-27(28)30-26/h2-7,9-17H,1,8H2/b19-7+. The summed E-state index contributed by atoms with van der Waals surface area (Å²) in [5.41, 5.74) is 5.89. The molecule has 0 N–H and O–H groups in total. The van der Waals surface area contributed by atoms with Gasteiger partial charge in [-0.2, -0.15) is 5.26 Å². The number of benzene rings is 4. The molecule has 0 bridgehead atoms. The summed E-state index contributed by atoms with van der Waals surface area (Å²) in [7, 11) is 0. The lowest BCUT2D eigenvalue weighted by Gasteiger charge is -2.04. The van der Waals surface area contributed by atoms with Crippen molar-refractivity contribution in [2.45, 2.75) is 6.42 Å². The molecule has 5 aromatic rings. The fourth-order valence-corrected chi connectivity index (χ4v) is 3.96. The van der Waals surface area contributed by atoms with Crippen LogP contribution in [0.5, 0.6) is 0 Å². The second-order valence-electron chi connectivity index (χ2n) is 7.35. The van der Waals surface area contributed by atoms with Crippen molar-refractivity contribution in [3.05, 3.63) is 109 Å². The first-order valence-corrected chi connectivity index (χ1v) is 9.93. The van der Waals surface area contributed by atoms with Gasteiger partial charge in [0.05, 0.1) is 6.07 Å². The van der Waals surface area contributed by atoms with Crippen LogP contribution in [0.1, 0.15) is 5.56 Å². The molecule has 4 aromatic carbocycles. The van der Waals surface area contributed by atoms with Crippen molar-refractivity contribution in [2.75, 3.05) is 0 Å². The van der Waals surface area contributed by atoms with Crippen molar-refractivity contribution in [3.63, 3.8) is 0 Å². The van der Waals surface area contributed by atoms with Gasteiger partial charge < -0.3 is 4.42 Å². The summed E-state index contributed by atoms with van der Waals surface area (Å²) in [5, 5.41) is 13.7. The Hall–Kier alpha value is -4.09. The number of furan rings is 1. The first-order chi connectivity index (χ1) is 14.8. The van der Waals surface area contributed by atoms with Crippen LogP contribution in [0.25, 0.3) is 43.8 Å². The average molecular weight is 385 g/mol. The Bertz CT molecular complexity index is 1480. The lowest BCUT2D eigenvalue weighted by molar-refractivity contribution is 0.669. The van der Waals surface area contributed by atoms with Crippen LogP contribution < -0.4 is 0 Å². The minimum Gasteiger partial charge on any atom is -0.456 e. The highest BCUT2D eigenvalue weighted by Gasteiger charge is 2.11. The molecular weight excluding hydrogens is 366 g/mol. The van der Waals surface area contributed by atoms with E-state index in [-0.39, 0.29) is 0 Å². The van der Waals surface area contributed by atoms with E-state index in [0.717, 1.165) is 33.2 Å². The second kappa shape index (κ2) is 7.39. The third-order valence-electron chi connectivity index (χ3n) is 5.55. The molecule has 2 nitrogen and oxygen atoms in total. The molecule has 0 saturated heterocycles. The zero-order valence-electron chi connectivity index (χ0n) is 16.4. The molecule has 0 radical (unpaired) electrons. The highest BCUT2D eigenvalue weighted by Crippen LogP contribution is 2.36. The maximum atomic E-state index is 9.01. The summed E-state index contributed by atoms with van der Waals surface area (Å²) < 4.78 is 6.11. The Morgan fingerprint density at radius 1 is 0.867 bits per heavy atom. The number of nitriles is 1. The molecule has 1 aromatic heterocycles. The molecule has 0 spiro atoms. The van der Waals surface area contributed by atoms with Gasteiger partial charge in [-0.15, -0.1) is 0 Å². The fraction of sp³-hybridized carbons (Fsp3) is 0.0357. The van der Waals surface area contributed by atoms with E-state index >= 15 is 0 Å². The molecule has 0 aliphatic carbocycles. The summed E-state index contributed by atoms with van der Waals surface area (Å²) >= 11 is 0. The van der Waals surface area contributed by atoms with E-state index < -0.39 is 0 Å². The number of hydrogen-bond donors (Lipinski definition) is 0. The number of fused-ring (bicyclic) bond motifs is 5. The highest BCUT2D eigenvalue weighted by molar-refractivity contribution is 6.19. The molecule has 2 heteroatoms. The van der Waals surface area contributed by atoms with E-state index in [1.807, 2.05) is 6.08 Å². The third kappa shape index (κ3) is 3.07. The SMILES string of the molecule is C=C/C(C#N)=C\Cc1ccc(-c2ccc3oc4ccc5ccccc5c4c3c2)cc1. The van der Waals surface area contributed by atoms with Gasteiger partial charge in [0.1, 0.15) is 11.2 Å². The lowest BCUT2D eigenvalue weighted by atomic mass is 9.99. The molecule has 1 heterocycles. The largest absolute Gasteiger partial charge is 0.456 e. The van der Waals surface area contributed by atoms with Crippen LogP contribution in [0.2, 0.25) is 0 Å². The van der Waals surface area contributed by atoms with Gasteiger partial charge in [0.25, 0.3) is 0 Å². The quantitative estimate of drug-likeness (QED) is 0.236. The molecule has 30 heavy (non-hydrogen) atoms. The van der Waals surface area contributed by atoms with Gasteiger partial charge in [-0.25, -0.2) is 0 Å². The monoisotopic (exact) mass is 385 g/mol. The van der Waals surface area contributed by atoms with Gasteiger partial charge >= 0.3 is 0 Å². The second-order valence-corrected chi connectivity index (χ2v) is 7.35. The maximum absolute atomic E-state index is 9.01. The van der Waals surface area contributed by atoms with Gasteiger partial charge in [-0.05, 0) is 52.1 Å². The maximum Gasteiger partial charge on any atom is 0.136 e. The van der Waals surface area contributed by atoms with Gasteiger partial charge in [0.2, 0.25) is 0 Å². The number of allylic oxidation sites excluding steroid dienone is 3. The van der Waals surface area contributed by atoms with Crippen LogP contribution in [0.4, 0.5) is 0 Å². The summed E-state index contributed by atoms with van der Waals surface area (Å²) in [4.78, 5) is 0. The van der Waals surface area contributed by atoms with Crippen molar-refractivity contribution in [3.8, 4) is 17.2 Å². The van der Waals surface area contributed by atoms with Crippen LogP contribution in [-0.2, 0) is 6.42 Å². The minimum atomic E-state index is 0.601. The predicted molar refractivity (Wildman–Crippen MR) is 124 cm³/mol. The molecule has 0 aliphatic rings. The molecule has 0 saturated carbocycles. The number of nitrogens with zero attached hydrogens (tertiary/aromatic N) is 1. The third-order valence-corrected chi connectivity index (χ3v) is 5.55. The van der Waals surface area contributed by atoms with Crippen molar-refractivity contribution in [2.24, 2.45) is 0 Å². The molecule has 0 aliphatic heterocycles. The lowest BCUT2D eigenvalue weighted by Crippen LogP contribution is -1.84. The Kier molecular flexibility index (Phi) is 4.42. The summed E-state index contributed by atoms with van der Waals surface area (Å²) in [6, 6.07) is 29.6. The van der Waals surface area contributed by atoms with E-state index in [2.05, 4.69) is 91.5 Å². The molecule has 0 atom stereocenters. The predicted octanol–water partition coefficient (Wildman–Crippen LogP) is 7.58. The Labute approximate surface area is 175 Å². The van der Waals surface area contributed by atoms with E-state index in [1.54, 1.807) is 6.08 Å². The fourth-order valence-electron chi connectivity index (χ4n) is 3.96. The zero-order chi connectivity index (χ0) is 20.5. The van der Waals surface area contributed by atoms with Crippen LogP contribution in [0, 0.1) is 11.3 Å². The van der Waals surface area contributed by atoms with Crippen molar-refractivity contribution in [1.82, 2.24) is 0 Å². The zero-order valence-corrected chi connectivity index (χ0v) is 16.4. The first-order valence-electron chi connectivity index (χ1n) is 9.93. The summed E-state index contributed by atoms with van der Waals surface area (Å²) in [5.74, 6) is 0. The van der Waals surface area contributed by atoms with Crippen molar-refractivity contribution < 1.29 is 4.42 Å². The summed E-state index contributed by atoms with van der Waals surface area (Å²) in [6.45, 7) is 3.66. The number of hydrogen-bond acceptors (Lipinski definition) is 2. The molecular formula is C28H19NO. The first kappa shape index (κ1) is 18.0. The van der Waals surface area contributed by atoms with Crippen LogP contribution in [-0.4, -0.2) is 0 Å². The van der Waals surface area contributed by atoms with Crippen LogP contribution >= 0.6 is 0 Å². The normalized spacial score (nSPS) is 11.8. The molecule has 0 fully saturated rings. The highest BCUT2D eigenvalue weighted by atomic mass is 16.3. The number of rotatable bonds is 4. The Morgan fingerprint density at radius 3 is 2.43 bits per heavy atom. The van der Waals surface area contributed by atoms with E-state index in [0.29, 0.717) is 12.0 Å². The minimum absolute atomic E-state index is 0.601. The molecule has 0 amide bonds. The van der Waals surface area contributed by atoms with Crippen molar-refractivity contribution in [1.29, 1.82) is 5.26 Å². The van der Waals surface area contributed by atoms with E-state index in [9.17, 15) is 0 Å². The Morgan fingerprint density at radius 2 is 1.63 bits per heavy atom. The summed E-state index contributed by atoms with van der Waals surface area (Å²) in [6.07, 6.45) is 4.20. The van der Waals surface area contributed by atoms with E-state index in [1.165, 1.54) is 16.2 Å². The van der Waals surface area contributed by atoms with Gasteiger partial charge in [-0.1, -0.05) is 79.4 Å². The van der Waals surface area contributed by atoms with Gasteiger partial charge in [-0.3, -0.25) is 0 Å². The van der Waals surface area contributed by atoms with Crippen molar-refractivity contribution >= 4 is 32.7 Å². The topological polar surface area (TPSA) is 36.9 Å². The van der Waals surface area contributed by atoms with Gasteiger partial charge in [0, 0.05) is 16.3 Å². The average Bonchev–Trinajstić information content (AvgIpc) is 3.18. The van der Waals surface area contributed by atoms with Crippen LogP contribution in [0.15, 0.2) is 108 Å². The van der Waals surface area contributed by atoms with Gasteiger partial charge in [0.15, 0.2) is 0 Å². The molecule has 142 valence electrons. The molecule has 5 rings (SSSR count). The van der Waals surface area contributed by atoms with E-state index in [4.69, 9.17) is 9.68 Å².